The number of hydrogen-bond donors (Lipinski definition) is 2. The van der Waals surface area contributed by atoms with E-state index in [0.29, 0.717) is 6.04 Å². The Morgan fingerprint density at radius 1 is 1.29 bits per heavy atom. The van der Waals surface area contributed by atoms with Crippen LogP contribution < -0.4 is 5.32 Å². The standard InChI is InChI=1S/C13H18N2O2/c1-12(2)11(13(12,3)4)15-9-6-5-8(7-14-9)10(16)17/h5-7,11H,1-4H3,(H,14,15)(H,16,17). The first-order valence-electron chi connectivity index (χ1n) is 5.72. The molecule has 0 bridgehead atoms. The summed E-state index contributed by atoms with van der Waals surface area (Å²) in [5.74, 6) is -0.213. The molecule has 0 unspecified atom stereocenters. The summed E-state index contributed by atoms with van der Waals surface area (Å²) < 4.78 is 0. The van der Waals surface area contributed by atoms with Crippen LogP contribution in [-0.4, -0.2) is 22.1 Å². The summed E-state index contributed by atoms with van der Waals surface area (Å²) in [7, 11) is 0. The van der Waals surface area contributed by atoms with E-state index in [0.717, 1.165) is 5.82 Å². The summed E-state index contributed by atoms with van der Waals surface area (Å²) in [6, 6.07) is 3.66. The van der Waals surface area contributed by atoms with Crippen LogP contribution in [0.15, 0.2) is 18.3 Å². The molecule has 4 nitrogen and oxygen atoms in total. The minimum atomic E-state index is -0.948. The molecule has 2 N–H and O–H groups in total. The van der Waals surface area contributed by atoms with Crippen molar-refractivity contribution in [2.24, 2.45) is 10.8 Å². The summed E-state index contributed by atoms with van der Waals surface area (Å²) in [4.78, 5) is 14.8. The Kier molecular flexibility index (Phi) is 2.42. The molecule has 0 aromatic carbocycles. The lowest BCUT2D eigenvalue weighted by molar-refractivity contribution is 0.0696. The van der Waals surface area contributed by atoms with Gasteiger partial charge in [-0.05, 0) is 23.0 Å². The fourth-order valence-electron chi connectivity index (χ4n) is 2.31. The van der Waals surface area contributed by atoms with Crippen LogP contribution >= 0.6 is 0 Å². The molecule has 2 rings (SSSR count). The molecule has 4 heteroatoms. The van der Waals surface area contributed by atoms with Crippen LogP contribution in [0.25, 0.3) is 0 Å². The van der Waals surface area contributed by atoms with Gasteiger partial charge in [-0.25, -0.2) is 9.78 Å². The van der Waals surface area contributed by atoms with Crippen molar-refractivity contribution in [2.45, 2.75) is 33.7 Å². The average molecular weight is 234 g/mol. The third kappa shape index (κ3) is 1.77. The van der Waals surface area contributed by atoms with E-state index < -0.39 is 5.97 Å². The Bertz CT molecular complexity index is 435. The van der Waals surface area contributed by atoms with Crippen molar-refractivity contribution in [1.82, 2.24) is 4.98 Å². The molecule has 92 valence electrons. The van der Waals surface area contributed by atoms with Crippen molar-refractivity contribution >= 4 is 11.8 Å². The van der Waals surface area contributed by atoms with Gasteiger partial charge in [0.1, 0.15) is 5.82 Å². The fourth-order valence-corrected chi connectivity index (χ4v) is 2.31. The predicted octanol–water partition coefficient (Wildman–Crippen LogP) is 2.63. The molecule has 17 heavy (non-hydrogen) atoms. The second-order valence-corrected chi connectivity index (χ2v) is 5.76. The minimum absolute atomic E-state index is 0.213. The SMILES string of the molecule is CC1(C)C(Nc2ccc(C(=O)O)cn2)C1(C)C. The van der Waals surface area contributed by atoms with Crippen LogP contribution in [0, 0.1) is 10.8 Å². The van der Waals surface area contributed by atoms with Crippen molar-refractivity contribution in [3.8, 4) is 0 Å². The summed E-state index contributed by atoms with van der Waals surface area (Å²) >= 11 is 0. The van der Waals surface area contributed by atoms with Gasteiger partial charge >= 0.3 is 5.97 Å². The van der Waals surface area contributed by atoms with Gasteiger partial charge in [0.15, 0.2) is 0 Å². The molecule has 1 aromatic heterocycles. The zero-order valence-corrected chi connectivity index (χ0v) is 10.6. The van der Waals surface area contributed by atoms with E-state index in [1.54, 1.807) is 12.1 Å². The number of nitrogens with one attached hydrogen (secondary N) is 1. The number of anilines is 1. The molecular weight excluding hydrogens is 216 g/mol. The minimum Gasteiger partial charge on any atom is -0.478 e. The van der Waals surface area contributed by atoms with Crippen molar-refractivity contribution in [3.05, 3.63) is 23.9 Å². The summed E-state index contributed by atoms with van der Waals surface area (Å²) in [6.45, 7) is 8.87. The number of carboxylic acids is 1. The molecule has 0 amide bonds. The normalized spacial score (nSPS) is 20.9. The number of rotatable bonds is 3. The third-order valence-electron chi connectivity index (χ3n) is 4.32. The Balaban J connectivity index is 2.09. The number of aromatic nitrogens is 1. The molecule has 0 radical (unpaired) electrons. The molecule has 1 saturated carbocycles. The summed E-state index contributed by atoms with van der Waals surface area (Å²) in [5, 5.41) is 12.1. The highest BCUT2D eigenvalue weighted by atomic mass is 16.4. The van der Waals surface area contributed by atoms with E-state index in [4.69, 9.17) is 5.11 Å². The van der Waals surface area contributed by atoms with Gasteiger partial charge in [0, 0.05) is 12.2 Å². The van der Waals surface area contributed by atoms with Crippen LogP contribution in [0.4, 0.5) is 5.82 Å². The quantitative estimate of drug-likeness (QED) is 0.844. The molecule has 0 atom stereocenters. The smallest absolute Gasteiger partial charge is 0.337 e. The van der Waals surface area contributed by atoms with Crippen LogP contribution in [0.1, 0.15) is 38.1 Å². The maximum absolute atomic E-state index is 10.7. The van der Waals surface area contributed by atoms with Crippen LogP contribution in [0.3, 0.4) is 0 Å². The highest BCUT2D eigenvalue weighted by Crippen LogP contribution is 2.63. The molecule has 1 heterocycles. The van der Waals surface area contributed by atoms with E-state index in [1.165, 1.54) is 6.20 Å². The molecule has 0 aliphatic heterocycles. The Morgan fingerprint density at radius 3 is 2.24 bits per heavy atom. The van der Waals surface area contributed by atoms with Gasteiger partial charge in [-0.1, -0.05) is 27.7 Å². The molecule has 1 aliphatic carbocycles. The highest BCUT2D eigenvalue weighted by molar-refractivity contribution is 5.87. The molecule has 1 aliphatic rings. The monoisotopic (exact) mass is 234 g/mol. The predicted molar refractivity (Wildman–Crippen MR) is 66.2 cm³/mol. The average Bonchev–Trinajstić information content (AvgIpc) is 2.62. The van der Waals surface area contributed by atoms with Gasteiger partial charge in [-0.3, -0.25) is 0 Å². The van der Waals surface area contributed by atoms with Crippen LogP contribution in [0.5, 0.6) is 0 Å². The van der Waals surface area contributed by atoms with Crippen molar-refractivity contribution in [1.29, 1.82) is 0 Å². The third-order valence-corrected chi connectivity index (χ3v) is 4.32. The van der Waals surface area contributed by atoms with Gasteiger partial charge < -0.3 is 10.4 Å². The maximum Gasteiger partial charge on any atom is 0.337 e. The van der Waals surface area contributed by atoms with E-state index in [2.05, 4.69) is 38.0 Å². The fraction of sp³-hybridized carbons (Fsp3) is 0.538. The Hall–Kier alpha value is -1.58. The molecule has 1 fully saturated rings. The first-order chi connectivity index (χ1) is 7.76. The van der Waals surface area contributed by atoms with E-state index in [9.17, 15) is 4.79 Å². The van der Waals surface area contributed by atoms with Gasteiger partial charge in [-0.15, -0.1) is 0 Å². The van der Waals surface area contributed by atoms with E-state index in [-0.39, 0.29) is 16.4 Å². The van der Waals surface area contributed by atoms with Crippen LogP contribution in [0.2, 0.25) is 0 Å². The number of aromatic carboxylic acids is 1. The lowest BCUT2D eigenvalue weighted by atomic mass is 10.0. The number of carboxylic acid groups (broad SMARTS) is 1. The first kappa shape index (κ1) is 11.9. The summed E-state index contributed by atoms with van der Waals surface area (Å²) in [5.41, 5.74) is 0.685. The first-order valence-corrected chi connectivity index (χ1v) is 5.72. The molecule has 1 aromatic rings. The van der Waals surface area contributed by atoms with Gasteiger partial charge in [0.25, 0.3) is 0 Å². The van der Waals surface area contributed by atoms with E-state index in [1.807, 2.05) is 0 Å². The topological polar surface area (TPSA) is 62.2 Å². The van der Waals surface area contributed by atoms with Crippen molar-refractivity contribution in [3.63, 3.8) is 0 Å². The zero-order valence-electron chi connectivity index (χ0n) is 10.6. The van der Waals surface area contributed by atoms with Gasteiger partial charge in [0.2, 0.25) is 0 Å². The van der Waals surface area contributed by atoms with Crippen molar-refractivity contribution in [2.75, 3.05) is 5.32 Å². The highest BCUT2D eigenvalue weighted by Gasteiger charge is 2.65. The molecular formula is C13H18N2O2. The maximum atomic E-state index is 10.7. The number of pyridine rings is 1. The van der Waals surface area contributed by atoms with Crippen LogP contribution in [-0.2, 0) is 0 Å². The number of nitrogens with zero attached hydrogens (tertiary/aromatic N) is 1. The Morgan fingerprint density at radius 2 is 1.88 bits per heavy atom. The van der Waals surface area contributed by atoms with E-state index >= 15 is 0 Å². The Labute approximate surface area is 101 Å². The molecule has 0 saturated heterocycles. The second-order valence-electron chi connectivity index (χ2n) is 5.76. The lowest BCUT2D eigenvalue weighted by Crippen LogP contribution is -2.11. The zero-order chi connectivity index (χ0) is 12.8. The largest absolute Gasteiger partial charge is 0.478 e. The number of hydrogen-bond acceptors (Lipinski definition) is 3. The van der Waals surface area contributed by atoms with Gasteiger partial charge in [-0.2, -0.15) is 0 Å². The van der Waals surface area contributed by atoms with Gasteiger partial charge in [0.05, 0.1) is 5.56 Å². The number of carbonyl (C=O) groups is 1. The molecule has 0 spiro atoms. The second kappa shape index (κ2) is 3.45. The summed E-state index contributed by atoms with van der Waals surface area (Å²) in [6.07, 6.45) is 1.38. The van der Waals surface area contributed by atoms with Crippen molar-refractivity contribution < 1.29 is 9.90 Å². The lowest BCUT2D eigenvalue weighted by Gasteiger charge is -2.07.